The molecule has 1 aromatic carbocycles. The van der Waals surface area contributed by atoms with Gasteiger partial charge in [-0.25, -0.2) is 8.91 Å². The van der Waals surface area contributed by atoms with E-state index >= 15 is 0 Å². The zero-order valence-corrected chi connectivity index (χ0v) is 9.88. The molecule has 0 aliphatic carbocycles. The summed E-state index contributed by atoms with van der Waals surface area (Å²) in [5.74, 6) is -0.575. The topological polar surface area (TPSA) is 46.4 Å². The molecule has 0 atom stereocenters. The van der Waals surface area contributed by atoms with Crippen LogP contribution in [0.4, 0.5) is 10.1 Å². The summed E-state index contributed by atoms with van der Waals surface area (Å²) in [5, 5.41) is 6.76. The van der Waals surface area contributed by atoms with E-state index in [0.717, 1.165) is 5.52 Å². The van der Waals surface area contributed by atoms with E-state index in [1.807, 2.05) is 6.07 Å². The first-order valence-corrected chi connectivity index (χ1v) is 5.73. The maximum atomic E-state index is 12.8. The van der Waals surface area contributed by atoms with E-state index in [-0.39, 0.29) is 11.7 Å². The van der Waals surface area contributed by atoms with Gasteiger partial charge in [0.15, 0.2) is 0 Å². The molecule has 3 aromatic rings. The van der Waals surface area contributed by atoms with Gasteiger partial charge in [-0.15, -0.1) is 0 Å². The molecule has 0 radical (unpaired) electrons. The predicted octanol–water partition coefficient (Wildman–Crippen LogP) is 2.73. The van der Waals surface area contributed by atoms with E-state index in [2.05, 4.69) is 10.4 Å². The van der Waals surface area contributed by atoms with Gasteiger partial charge in [-0.05, 0) is 42.5 Å². The van der Waals surface area contributed by atoms with Gasteiger partial charge in [-0.1, -0.05) is 0 Å². The number of carbonyl (C=O) groups excluding carboxylic acids is 1. The molecule has 0 aliphatic heterocycles. The number of anilines is 1. The van der Waals surface area contributed by atoms with Crippen LogP contribution in [0.2, 0.25) is 0 Å². The molecule has 0 fully saturated rings. The van der Waals surface area contributed by atoms with E-state index in [4.69, 9.17) is 0 Å². The number of hydrogen-bond acceptors (Lipinski definition) is 2. The van der Waals surface area contributed by atoms with Crippen molar-refractivity contribution in [2.24, 2.45) is 0 Å². The number of fused-ring (bicyclic) bond motifs is 1. The first kappa shape index (κ1) is 11.4. The van der Waals surface area contributed by atoms with Crippen LogP contribution in [-0.2, 0) is 0 Å². The molecule has 1 N–H and O–H groups in total. The molecule has 3 rings (SSSR count). The standard InChI is InChI=1S/C14H10FN3O/c15-11-1-3-12(4-2-11)17-14(19)10-6-8-18-13(9-10)5-7-16-18/h1-9H,(H,17,19). The zero-order chi connectivity index (χ0) is 13.2. The van der Waals surface area contributed by atoms with Crippen molar-refractivity contribution >= 4 is 17.1 Å². The quantitative estimate of drug-likeness (QED) is 0.765. The summed E-state index contributed by atoms with van der Waals surface area (Å²) >= 11 is 0. The summed E-state index contributed by atoms with van der Waals surface area (Å²) in [7, 11) is 0. The number of halogens is 1. The second kappa shape index (κ2) is 4.53. The summed E-state index contributed by atoms with van der Waals surface area (Å²) in [5.41, 5.74) is 1.92. The SMILES string of the molecule is O=C(Nc1ccc(F)cc1)c1ccn2nccc2c1. The molecule has 2 aromatic heterocycles. The molecule has 0 unspecified atom stereocenters. The second-order valence-corrected chi connectivity index (χ2v) is 4.08. The van der Waals surface area contributed by atoms with Crippen molar-refractivity contribution in [1.29, 1.82) is 0 Å². The van der Waals surface area contributed by atoms with E-state index in [1.165, 1.54) is 24.3 Å². The van der Waals surface area contributed by atoms with Crippen LogP contribution in [0.1, 0.15) is 10.4 Å². The van der Waals surface area contributed by atoms with Gasteiger partial charge in [-0.3, -0.25) is 4.79 Å². The van der Waals surface area contributed by atoms with Crippen molar-refractivity contribution in [3.8, 4) is 0 Å². The Bertz CT molecular complexity index is 734. The number of nitrogens with one attached hydrogen (secondary N) is 1. The highest BCUT2D eigenvalue weighted by atomic mass is 19.1. The molecule has 19 heavy (non-hydrogen) atoms. The van der Waals surface area contributed by atoms with Gasteiger partial charge in [0.1, 0.15) is 5.82 Å². The summed E-state index contributed by atoms with van der Waals surface area (Å²) in [6.45, 7) is 0. The van der Waals surface area contributed by atoms with Crippen molar-refractivity contribution in [2.45, 2.75) is 0 Å². The fourth-order valence-electron chi connectivity index (χ4n) is 1.80. The Morgan fingerprint density at radius 1 is 1.16 bits per heavy atom. The average molecular weight is 255 g/mol. The third-order valence-electron chi connectivity index (χ3n) is 2.76. The number of amides is 1. The minimum absolute atomic E-state index is 0.240. The molecule has 0 bridgehead atoms. The lowest BCUT2D eigenvalue weighted by molar-refractivity contribution is 0.102. The minimum atomic E-state index is -0.335. The highest BCUT2D eigenvalue weighted by Gasteiger charge is 2.07. The van der Waals surface area contributed by atoms with Crippen LogP contribution < -0.4 is 5.32 Å². The van der Waals surface area contributed by atoms with Gasteiger partial charge < -0.3 is 5.32 Å². The maximum absolute atomic E-state index is 12.8. The van der Waals surface area contributed by atoms with Crippen LogP contribution in [-0.4, -0.2) is 15.5 Å². The van der Waals surface area contributed by atoms with Crippen LogP contribution in [0, 0.1) is 5.82 Å². The Balaban J connectivity index is 1.84. The first-order valence-electron chi connectivity index (χ1n) is 5.73. The molecule has 94 valence electrons. The Morgan fingerprint density at radius 3 is 2.74 bits per heavy atom. The Hall–Kier alpha value is -2.69. The highest BCUT2D eigenvalue weighted by Crippen LogP contribution is 2.12. The normalized spacial score (nSPS) is 10.6. The number of rotatable bonds is 2. The molecule has 0 saturated heterocycles. The van der Waals surface area contributed by atoms with E-state index in [1.54, 1.807) is 29.0 Å². The lowest BCUT2D eigenvalue weighted by Gasteiger charge is -2.05. The average Bonchev–Trinajstić information content (AvgIpc) is 2.88. The molecule has 5 heteroatoms. The van der Waals surface area contributed by atoms with Crippen LogP contribution in [0.5, 0.6) is 0 Å². The Morgan fingerprint density at radius 2 is 1.95 bits per heavy atom. The highest BCUT2D eigenvalue weighted by molar-refractivity contribution is 6.04. The smallest absolute Gasteiger partial charge is 0.255 e. The van der Waals surface area contributed by atoms with Gasteiger partial charge in [0.05, 0.1) is 5.52 Å². The van der Waals surface area contributed by atoms with Gasteiger partial charge in [0.25, 0.3) is 5.91 Å². The lowest BCUT2D eigenvalue weighted by atomic mass is 10.2. The van der Waals surface area contributed by atoms with Gasteiger partial charge in [-0.2, -0.15) is 5.10 Å². The van der Waals surface area contributed by atoms with Crippen molar-refractivity contribution < 1.29 is 9.18 Å². The summed E-state index contributed by atoms with van der Waals surface area (Å²) in [6.07, 6.45) is 3.38. The van der Waals surface area contributed by atoms with Crippen LogP contribution in [0.15, 0.2) is 54.9 Å². The minimum Gasteiger partial charge on any atom is -0.322 e. The van der Waals surface area contributed by atoms with Gasteiger partial charge >= 0.3 is 0 Å². The predicted molar refractivity (Wildman–Crippen MR) is 69.5 cm³/mol. The molecule has 1 amide bonds. The molecule has 4 nitrogen and oxygen atoms in total. The van der Waals surface area contributed by atoms with Crippen molar-refractivity contribution in [3.63, 3.8) is 0 Å². The van der Waals surface area contributed by atoms with E-state index in [0.29, 0.717) is 11.3 Å². The van der Waals surface area contributed by atoms with Crippen molar-refractivity contribution in [2.75, 3.05) is 5.32 Å². The summed E-state index contributed by atoms with van der Waals surface area (Å²) in [4.78, 5) is 12.0. The monoisotopic (exact) mass is 255 g/mol. The summed E-state index contributed by atoms with van der Waals surface area (Å²) in [6, 6.07) is 10.9. The number of benzene rings is 1. The van der Waals surface area contributed by atoms with Crippen molar-refractivity contribution in [1.82, 2.24) is 9.61 Å². The number of carbonyl (C=O) groups is 1. The largest absolute Gasteiger partial charge is 0.322 e. The van der Waals surface area contributed by atoms with Gasteiger partial charge in [0.2, 0.25) is 0 Å². The van der Waals surface area contributed by atoms with Crippen LogP contribution in [0.3, 0.4) is 0 Å². The molecular weight excluding hydrogens is 245 g/mol. The fraction of sp³-hybridized carbons (Fsp3) is 0. The maximum Gasteiger partial charge on any atom is 0.255 e. The number of pyridine rings is 1. The van der Waals surface area contributed by atoms with Crippen molar-refractivity contribution in [3.05, 3.63) is 66.2 Å². The number of nitrogens with zero attached hydrogens (tertiary/aromatic N) is 2. The van der Waals surface area contributed by atoms with Crippen LogP contribution in [0.25, 0.3) is 5.52 Å². The van der Waals surface area contributed by atoms with E-state index < -0.39 is 0 Å². The molecule has 0 saturated carbocycles. The molecular formula is C14H10FN3O. The van der Waals surface area contributed by atoms with E-state index in [9.17, 15) is 9.18 Å². The third kappa shape index (κ3) is 2.30. The molecule has 0 aliphatic rings. The summed E-state index contributed by atoms with van der Waals surface area (Å²) < 4.78 is 14.4. The second-order valence-electron chi connectivity index (χ2n) is 4.08. The zero-order valence-electron chi connectivity index (χ0n) is 9.88. The number of aromatic nitrogens is 2. The number of hydrogen-bond donors (Lipinski definition) is 1. The molecule has 2 heterocycles. The van der Waals surface area contributed by atoms with Crippen LogP contribution >= 0.6 is 0 Å². The first-order chi connectivity index (χ1) is 9.22. The molecule has 0 spiro atoms. The third-order valence-corrected chi connectivity index (χ3v) is 2.76. The Kier molecular flexibility index (Phi) is 2.72. The van der Waals surface area contributed by atoms with Gasteiger partial charge in [0, 0.05) is 23.6 Å². The Labute approximate surface area is 108 Å². The fourth-order valence-corrected chi connectivity index (χ4v) is 1.80. The lowest BCUT2D eigenvalue weighted by Crippen LogP contribution is -2.12.